The number of hydrogen-bond donors (Lipinski definition) is 0. The topological polar surface area (TPSA) is 44.8 Å². The summed E-state index contributed by atoms with van der Waals surface area (Å²) in [5, 5.41) is 0. The molecule has 2 aromatic carbocycles. The number of carbonyl (C=O) groups excluding carboxylic acids is 1. The van der Waals surface area contributed by atoms with E-state index in [4.69, 9.17) is 14.2 Å². The Kier molecular flexibility index (Phi) is 6.20. The zero-order valence-electron chi connectivity index (χ0n) is 13.6. The SMILES string of the molecule is COc1cc(Br)c(CC(=O)O[C@@H](C)c2ccc(F)cc2)cc1OC. The Morgan fingerprint density at radius 2 is 1.71 bits per heavy atom. The fourth-order valence-electron chi connectivity index (χ4n) is 2.23. The Bertz CT molecular complexity index is 716. The lowest BCUT2D eigenvalue weighted by Crippen LogP contribution is -2.12. The van der Waals surface area contributed by atoms with Crippen LogP contribution in [0.5, 0.6) is 11.5 Å². The quantitative estimate of drug-likeness (QED) is 0.676. The van der Waals surface area contributed by atoms with Gasteiger partial charge in [-0.15, -0.1) is 0 Å². The maximum atomic E-state index is 12.9. The van der Waals surface area contributed by atoms with E-state index in [0.717, 1.165) is 15.6 Å². The Morgan fingerprint density at radius 3 is 2.29 bits per heavy atom. The van der Waals surface area contributed by atoms with Crippen LogP contribution in [0.15, 0.2) is 40.9 Å². The van der Waals surface area contributed by atoms with Crippen LogP contribution in [0, 0.1) is 5.82 Å². The number of esters is 1. The predicted octanol–water partition coefficient (Wildman–Crippen LogP) is 4.45. The van der Waals surface area contributed by atoms with Crippen LogP contribution in [0.4, 0.5) is 4.39 Å². The van der Waals surface area contributed by atoms with Gasteiger partial charge in [0.05, 0.1) is 20.6 Å². The molecular formula is C18H18BrFO4. The molecule has 0 aliphatic carbocycles. The molecular weight excluding hydrogens is 379 g/mol. The second-order valence-electron chi connectivity index (χ2n) is 5.16. The molecule has 1 atom stereocenters. The monoisotopic (exact) mass is 396 g/mol. The van der Waals surface area contributed by atoms with Crippen molar-refractivity contribution in [1.29, 1.82) is 0 Å². The van der Waals surface area contributed by atoms with Gasteiger partial charge in [-0.3, -0.25) is 4.79 Å². The van der Waals surface area contributed by atoms with Crippen molar-refractivity contribution in [3.8, 4) is 11.5 Å². The van der Waals surface area contributed by atoms with Crippen LogP contribution in [-0.4, -0.2) is 20.2 Å². The standard InChI is InChI=1S/C18H18BrFO4/c1-11(12-4-6-14(20)7-5-12)24-18(21)9-13-8-16(22-2)17(23-3)10-15(13)19/h4-8,10-11H,9H2,1-3H3/t11-/m0/s1. The van der Waals surface area contributed by atoms with Gasteiger partial charge in [0.25, 0.3) is 0 Å². The van der Waals surface area contributed by atoms with E-state index in [0.29, 0.717) is 11.5 Å². The predicted molar refractivity (Wildman–Crippen MR) is 91.9 cm³/mol. The molecule has 0 amide bonds. The third-order valence-electron chi connectivity index (χ3n) is 3.54. The van der Waals surface area contributed by atoms with E-state index in [1.807, 2.05) is 0 Å². The average Bonchev–Trinajstić information content (AvgIpc) is 2.56. The Labute approximate surface area is 148 Å². The van der Waals surface area contributed by atoms with Crippen molar-refractivity contribution in [3.63, 3.8) is 0 Å². The van der Waals surface area contributed by atoms with Crippen molar-refractivity contribution in [2.24, 2.45) is 0 Å². The van der Waals surface area contributed by atoms with Gasteiger partial charge in [0, 0.05) is 4.47 Å². The highest BCUT2D eigenvalue weighted by Gasteiger charge is 2.16. The van der Waals surface area contributed by atoms with Gasteiger partial charge < -0.3 is 14.2 Å². The summed E-state index contributed by atoms with van der Waals surface area (Å²) in [6, 6.07) is 9.34. The van der Waals surface area contributed by atoms with Crippen molar-refractivity contribution in [2.75, 3.05) is 14.2 Å². The molecule has 0 unspecified atom stereocenters. The molecule has 0 aliphatic heterocycles. The summed E-state index contributed by atoms with van der Waals surface area (Å²) in [6.45, 7) is 1.74. The van der Waals surface area contributed by atoms with E-state index < -0.39 is 6.10 Å². The highest BCUT2D eigenvalue weighted by Crippen LogP contribution is 2.33. The van der Waals surface area contributed by atoms with Gasteiger partial charge in [0.15, 0.2) is 11.5 Å². The summed E-state index contributed by atoms with van der Waals surface area (Å²) in [5.41, 5.74) is 1.46. The lowest BCUT2D eigenvalue weighted by Gasteiger charge is -2.15. The summed E-state index contributed by atoms with van der Waals surface area (Å²) >= 11 is 3.41. The third-order valence-corrected chi connectivity index (χ3v) is 4.27. The lowest BCUT2D eigenvalue weighted by atomic mass is 10.1. The van der Waals surface area contributed by atoms with Gasteiger partial charge >= 0.3 is 5.97 Å². The maximum absolute atomic E-state index is 12.9. The molecule has 24 heavy (non-hydrogen) atoms. The number of halogens is 2. The summed E-state index contributed by atoms with van der Waals surface area (Å²) in [7, 11) is 3.08. The molecule has 0 aromatic heterocycles. The lowest BCUT2D eigenvalue weighted by molar-refractivity contribution is -0.147. The molecule has 0 N–H and O–H groups in total. The minimum absolute atomic E-state index is 0.0759. The molecule has 2 aromatic rings. The smallest absolute Gasteiger partial charge is 0.310 e. The van der Waals surface area contributed by atoms with Gasteiger partial charge in [-0.25, -0.2) is 4.39 Å². The zero-order chi connectivity index (χ0) is 17.7. The fraction of sp³-hybridized carbons (Fsp3) is 0.278. The molecule has 0 fully saturated rings. The first-order valence-corrected chi connectivity index (χ1v) is 8.09. The normalized spacial score (nSPS) is 11.7. The number of hydrogen-bond acceptors (Lipinski definition) is 4. The van der Waals surface area contributed by atoms with Crippen LogP contribution in [0.2, 0.25) is 0 Å². The minimum Gasteiger partial charge on any atom is -0.493 e. The second-order valence-corrected chi connectivity index (χ2v) is 6.01. The number of rotatable bonds is 6. The van der Waals surface area contributed by atoms with Gasteiger partial charge in [0.1, 0.15) is 11.9 Å². The van der Waals surface area contributed by atoms with Crippen molar-refractivity contribution in [2.45, 2.75) is 19.4 Å². The molecule has 0 saturated carbocycles. The molecule has 4 nitrogen and oxygen atoms in total. The first-order valence-electron chi connectivity index (χ1n) is 7.30. The third kappa shape index (κ3) is 4.47. The minimum atomic E-state index is -0.461. The highest BCUT2D eigenvalue weighted by molar-refractivity contribution is 9.10. The van der Waals surface area contributed by atoms with Crippen molar-refractivity contribution >= 4 is 21.9 Å². The molecule has 6 heteroatoms. The van der Waals surface area contributed by atoms with Crippen molar-refractivity contribution < 1.29 is 23.4 Å². The number of ether oxygens (including phenoxy) is 3. The van der Waals surface area contributed by atoms with E-state index in [2.05, 4.69) is 15.9 Å². The summed E-state index contributed by atoms with van der Waals surface area (Å²) < 4.78 is 29.5. The van der Waals surface area contributed by atoms with Crippen LogP contribution in [0.25, 0.3) is 0 Å². The molecule has 128 valence electrons. The average molecular weight is 397 g/mol. The van der Waals surface area contributed by atoms with Gasteiger partial charge in [0.2, 0.25) is 0 Å². The second kappa shape index (κ2) is 8.15. The van der Waals surface area contributed by atoms with E-state index in [1.165, 1.54) is 19.2 Å². The number of methoxy groups -OCH3 is 2. The molecule has 2 rings (SSSR count). The highest BCUT2D eigenvalue weighted by atomic mass is 79.9. The van der Waals surface area contributed by atoms with E-state index in [-0.39, 0.29) is 18.2 Å². The number of carbonyl (C=O) groups is 1. The fourth-order valence-corrected chi connectivity index (χ4v) is 2.69. The molecule has 0 spiro atoms. The molecule has 0 saturated heterocycles. The van der Waals surface area contributed by atoms with E-state index in [1.54, 1.807) is 38.3 Å². The van der Waals surface area contributed by atoms with E-state index >= 15 is 0 Å². The molecule has 0 heterocycles. The first-order chi connectivity index (χ1) is 11.4. The van der Waals surface area contributed by atoms with Gasteiger partial charge in [-0.05, 0) is 42.3 Å². The first kappa shape index (κ1) is 18.3. The van der Waals surface area contributed by atoms with Crippen LogP contribution >= 0.6 is 15.9 Å². The molecule has 0 bridgehead atoms. The largest absolute Gasteiger partial charge is 0.493 e. The Balaban J connectivity index is 2.08. The van der Waals surface area contributed by atoms with Gasteiger partial charge in [-0.2, -0.15) is 0 Å². The zero-order valence-corrected chi connectivity index (χ0v) is 15.2. The van der Waals surface area contributed by atoms with Crippen LogP contribution in [-0.2, 0) is 16.0 Å². The Hall–Kier alpha value is -2.08. The van der Waals surface area contributed by atoms with Crippen molar-refractivity contribution in [1.82, 2.24) is 0 Å². The Morgan fingerprint density at radius 1 is 1.12 bits per heavy atom. The van der Waals surface area contributed by atoms with Crippen LogP contribution in [0.1, 0.15) is 24.2 Å². The van der Waals surface area contributed by atoms with Crippen molar-refractivity contribution in [3.05, 3.63) is 57.8 Å². The number of benzene rings is 2. The summed E-state index contributed by atoms with van der Waals surface area (Å²) in [4.78, 5) is 12.2. The van der Waals surface area contributed by atoms with Crippen LogP contribution < -0.4 is 9.47 Å². The molecule has 0 radical (unpaired) electrons. The van der Waals surface area contributed by atoms with Gasteiger partial charge in [-0.1, -0.05) is 28.1 Å². The van der Waals surface area contributed by atoms with Crippen LogP contribution in [0.3, 0.4) is 0 Å². The maximum Gasteiger partial charge on any atom is 0.310 e. The summed E-state index contributed by atoms with van der Waals surface area (Å²) in [5.74, 6) is 0.391. The molecule has 0 aliphatic rings. The van der Waals surface area contributed by atoms with E-state index in [9.17, 15) is 9.18 Å². The summed E-state index contributed by atoms with van der Waals surface area (Å²) in [6.07, 6.45) is -0.385.